The van der Waals surface area contributed by atoms with E-state index in [-0.39, 0.29) is 11.9 Å². The lowest BCUT2D eigenvalue weighted by atomic mass is 10.0. The number of carbonyl (C=O) groups is 1. The molecule has 1 aromatic carbocycles. The Labute approximate surface area is 171 Å². The van der Waals surface area contributed by atoms with Crippen LogP contribution >= 0.6 is 0 Å². The number of amides is 1. The first-order valence-electron chi connectivity index (χ1n) is 9.89. The van der Waals surface area contributed by atoms with E-state index in [1.807, 2.05) is 79.9 Å². The van der Waals surface area contributed by atoms with Crippen molar-refractivity contribution in [2.75, 3.05) is 19.8 Å². The molecule has 150 valence electrons. The fourth-order valence-corrected chi connectivity index (χ4v) is 4.07. The zero-order valence-corrected chi connectivity index (χ0v) is 17.3. The molecule has 1 atom stereocenters. The molecule has 6 heteroatoms. The summed E-state index contributed by atoms with van der Waals surface area (Å²) in [5.41, 5.74) is 6.36. The monoisotopic (exact) mass is 390 g/mol. The summed E-state index contributed by atoms with van der Waals surface area (Å²) < 4.78 is 7.60. The molecule has 1 amide bonds. The van der Waals surface area contributed by atoms with E-state index in [2.05, 4.69) is 5.10 Å². The van der Waals surface area contributed by atoms with Crippen LogP contribution < -0.4 is 0 Å². The maximum Gasteiger partial charge on any atom is 0.256 e. The molecular weight excluding hydrogens is 364 g/mol. The van der Waals surface area contributed by atoms with Crippen LogP contribution in [-0.4, -0.2) is 45.3 Å². The van der Waals surface area contributed by atoms with E-state index < -0.39 is 0 Å². The van der Waals surface area contributed by atoms with Crippen molar-refractivity contribution in [3.63, 3.8) is 0 Å². The van der Waals surface area contributed by atoms with Crippen molar-refractivity contribution in [2.24, 2.45) is 7.05 Å². The number of carbonyl (C=O) groups excluding carboxylic acids is 1. The van der Waals surface area contributed by atoms with Gasteiger partial charge in [-0.05, 0) is 32.9 Å². The Bertz CT molecular complexity index is 1040. The smallest absolute Gasteiger partial charge is 0.256 e. The second-order valence-corrected chi connectivity index (χ2v) is 7.49. The molecule has 0 radical (unpaired) electrons. The Morgan fingerprint density at radius 1 is 1.07 bits per heavy atom. The molecule has 0 spiro atoms. The first kappa shape index (κ1) is 19.3. The van der Waals surface area contributed by atoms with Gasteiger partial charge in [-0.15, -0.1) is 0 Å². The van der Waals surface area contributed by atoms with E-state index >= 15 is 0 Å². The number of hydrogen-bond acceptors (Lipinski definition) is 4. The molecule has 1 fully saturated rings. The average Bonchev–Trinajstić information content (AvgIpc) is 2.99. The number of rotatable bonds is 3. The van der Waals surface area contributed by atoms with Crippen molar-refractivity contribution in [3.05, 3.63) is 70.7 Å². The van der Waals surface area contributed by atoms with Gasteiger partial charge in [0.15, 0.2) is 0 Å². The Balaban J connectivity index is 1.67. The zero-order chi connectivity index (χ0) is 20.5. The van der Waals surface area contributed by atoms with E-state index in [0.29, 0.717) is 25.3 Å². The van der Waals surface area contributed by atoms with Crippen molar-refractivity contribution >= 4 is 5.91 Å². The van der Waals surface area contributed by atoms with Crippen LogP contribution in [0.25, 0.3) is 11.3 Å². The zero-order valence-electron chi connectivity index (χ0n) is 17.3. The summed E-state index contributed by atoms with van der Waals surface area (Å²) in [6, 6.07) is 13.7. The number of aryl methyl sites for hydroxylation is 3. The molecule has 1 aliphatic rings. The molecule has 29 heavy (non-hydrogen) atoms. The second-order valence-electron chi connectivity index (χ2n) is 7.49. The van der Waals surface area contributed by atoms with Crippen molar-refractivity contribution in [1.82, 2.24) is 19.7 Å². The van der Waals surface area contributed by atoms with Gasteiger partial charge in [-0.25, -0.2) is 0 Å². The van der Waals surface area contributed by atoms with E-state index in [1.54, 1.807) is 0 Å². The van der Waals surface area contributed by atoms with Crippen LogP contribution in [0.4, 0.5) is 0 Å². The number of pyridine rings is 1. The van der Waals surface area contributed by atoms with Crippen molar-refractivity contribution in [3.8, 4) is 11.3 Å². The van der Waals surface area contributed by atoms with E-state index in [4.69, 9.17) is 9.72 Å². The summed E-state index contributed by atoms with van der Waals surface area (Å²) in [5, 5.41) is 4.53. The number of hydrogen-bond donors (Lipinski definition) is 0. The van der Waals surface area contributed by atoms with Gasteiger partial charge in [-0.1, -0.05) is 30.3 Å². The minimum atomic E-state index is -0.141. The molecule has 4 rings (SSSR count). The molecule has 3 heterocycles. The molecule has 0 aliphatic carbocycles. The highest BCUT2D eigenvalue weighted by Crippen LogP contribution is 2.31. The predicted molar refractivity (Wildman–Crippen MR) is 112 cm³/mol. The molecule has 6 nitrogen and oxygen atoms in total. The van der Waals surface area contributed by atoms with Gasteiger partial charge in [0.2, 0.25) is 0 Å². The minimum Gasteiger partial charge on any atom is -0.377 e. The van der Waals surface area contributed by atoms with Gasteiger partial charge in [0.25, 0.3) is 5.91 Å². The third-order valence-corrected chi connectivity index (χ3v) is 5.67. The van der Waals surface area contributed by atoms with Crippen LogP contribution in [0.5, 0.6) is 0 Å². The first-order valence-corrected chi connectivity index (χ1v) is 9.89. The van der Waals surface area contributed by atoms with E-state index in [0.717, 1.165) is 33.9 Å². The Hall–Kier alpha value is -2.99. The second kappa shape index (κ2) is 7.79. The van der Waals surface area contributed by atoms with Crippen LogP contribution in [0.2, 0.25) is 0 Å². The summed E-state index contributed by atoms with van der Waals surface area (Å²) in [5.74, 6) is -0.00874. The molecule has 0 bridgehead atoms. The fourth-order valence-electron chi connectivity index (χ4n) is 4.07. The highest BCUT2D eigenvalue weighted by molar-refractivity contribution is 5.96. The number of aromatic nitrogens is 3. The predicted octanol–water partition coefficient (Wildman–Crippen LogP) is 3.62. The average molecular weight is 390 g/mol. The van der Waals surface area contributed by atoms with Crippen molar-refractivity contribution < 1.29 is 9.53 Å². The van der Waals surface area contributed by atoms with Gasteiger partial charge in [-0.3, -0.25) is 14.5 Å². The number of ether oxygens (including phenoxy) is 1. The molecule has 3 aromatic rings. The first-order chi connectivity index (χ1) is 14.0. The van der Waals surface area contributed by atoms with Crippen molar-refractivity contribution in [1.29, 1.82) is 0 Å². The Morgan fingerprint density at radius 2 is 1.83 bits per heavy atom. The van der Waals surface area contributed by atoms with Crippen LogP contribution in [0.3, 0.4) is 0 Å². The standard InChI is InChI=1S/C23H26N4O2/c1-15-19(10-11-20(24-15)18-8-6-5-7-9-18)23(28)27-12-13-29-14-21(27)22-16(2)25-26(4)17(22)3/h5-11,21H,12-14H2,1-4H3/t21-/m1/s1. The quantitative estimate of drug-likeness (QED) is 0.685. The van der Waals surface area contributed by atoms with Gasteiger partial charge in [0.1, 0.15) is 0 Å². The topological polar surface area (TPSA) is 60.3 Å². The summed E-state index contributed by atoms with van der Waals surface area (Å²) in [6.07, 6.45) is 0. The van der Waals surface area contributed by atoms with Crippen LogP contribution in [0.15, 0.2) is 42.5 Å². The normalized spacial score (nSPS) is 16.8. The summed E-state index contributed by atoms with van der Waals surface area (Å²) >= 11 is 0. The summed E-state index contributed by atoms with van der Waals surface area (Å²) in [6.45, 7) is 7.49. The Morgan fingerprint density at radius 3 is 2.48 bits per heavy atom. The lowest BCUT2D eigenvalue weighted by molar-refractivity contribution is -0.00311. The summed E-state index contributed by atoms with van der Waals surface area (Å²) in [7, 11) is 1.93. The molecule has 1 saturated heterocycles. The van der Waals surface area contributed by atoms with Gasteiger partial charge in [-0.2, -0.15) is 5.10 Å². The Kier molecular flexibility index (Phi) is 5.20. The van der Waals surface area contributed by atoms with Crippen LogP contribution in [0, 0.1) is 20.8 Å². The van der Waals surface area contributed by atoms with Gasteiger partial charge < -0.3 is 9.64 Å². The van der Waals surface area contributed by atoms with Crippen molar-refractivity contribution in [2.45, 2.75) is 26.8 Å². The number of morpholine rings is 1. The molecular formula is C23H26N4O2. The lowest BCUT2D eigenvalue weighted by Crippen LogP contribution is -2.44. The summed E-state index contributed by atoms with van der Waals surface area (Å²) in [4.78, 5) is 20.1. The lowest BCUT2D eigenvalue weighted by Gasteiger charge is -2.36. The highest BCUT2D eigenvalue weighted by Gasteiger charge is 2.33. The minimum absolute atomic E-state index is 0.00874. The van der Waals surface area contributed by atoms with Gasteiger partial charge >= 0.3 is 0 Å². The molecule has 1 aliphatic heterocycles. The maximum absolute atomic E-state index is 13.5. The maximum atomic E-state index is 13.5. The molecule has 2 aromatic heterocycles. The number of benzene rings is 1. The van der Waals surface area contributed by atoms with Gasteiger partial charge in [0, 0.05) is 30.4 Å². The SMILES string of the molecule is Cc1nc(-c2ccccc2)ccc1C(=O)N1CCOC[C@@H]1c1c(C)nn(C)c1C. The third kappa shape index (κ3) is 3.56. The molecule has 0 N–H and O–H groups in total. The largest absolute Gasteiger partial charge is 0.377 e. The van der Waals surface area contributed by atoms with E-state index in [9.17, 15) is 4.79 Å². The number of nitrogens with zero attached hydrogens (tertiary/aromatic N) is 4. The van der Waals surface area contributed by atoms with Crippen LogP contribution in [0.1, 0.15) is 39.0 Å². The fraction of sp³-hybridized carbons (Fsp3) is 0.348. The third-order valence-electron chi connectivity index (χ3n) is 5.67. The van der Waals surface area contributed by atoms with Crippen LogP contribution in [-0.2, 0) is 11.8 Å². The van der Waals surface area contributed by atoms with E-state index in [1.165, 1.54) is 0 Å². The molecule has 0 saturated carbocycles. The highest BCUT2D eigenvalue weighted by atomic mass is 16.5. The van der Waals surface area contributed by atoms with Gasteiger partial charge in [0.05, 0.1) is 41.9 Å². The molecule has 0 unspecified atom stereocenters.